The lowest BCUT2D eigenvalue weighted by Gasteiger charge is -2.19. The number of amides is 1. The van der Waals surface area contributed by atoms with Gasteiger partial charge in [-0.15, -0.1) is 11.3 Å². The molecule has 5 rings (SSSR count). The first-order valence-corrected chi connectivity index (χ1v) is 14.1. The Bertz CT molecular complexity index is 1760. The maximum Gasteiger partial charge on any atom is 0.262 e. The molecule has 40 heavy (non-hydrogen) atoms. The first kappa shape index (κ1) is 27.3. The van der Waals surface area contributed by atoms with Crippen molar-refractivity contribution in [2.75, 3.05) is 12.4 Å². The van der Waals surface area contributed by atoms with Crippen LogP contribution >= 0.6 is 11.3 Å². The number of ether oxygens (including phenoxy) is 1. The number of benzene rings is 3. The predicted molar refractivity (Wildman–Crippen MR) is 163 cm³/mol. The fourth-order valence-electron chi connectivity index (χ4n) is 4.46. The second-order valence-corrected chi connectivity index (χ2v) is 11.8. The zero-order valence-corrected chi connectivity index (χ0v) is 24.5. The Labute approximate surface area is 238 Å². The molecule has 0 aliphatic rings. The second kappa shape index (κ2) is 11.1. The molecule has 0 bridgehead atoms. The van der Waals surface area contributed by atoms with Gasteiger partial charge in [-0.25, -0.2) is 9.98 Å². The molecule has 0 aliphatic carbocycles. The van der Waals surface area contributed by atoms with E-state index < -0.39 is 0 Å². The number of hydrogen-bond donors (Lipinski definition) is 1. The lowest BCUT2D eigenvalue weighted by atomic mass is 9.86. The third-order valence-corrected chi connectivity index (χ3v) is 7.81. The van der Waals surface area contributed by atoms with Gasteiger partial charge in [0.2, 0.25) is 5.55 Å². The van der Waals surface area contributed by atoms with Gasteiger partial charge in [-0.2, -0.15) is 0 Å². The van der Waals surface area contributed by atoms with Gasteiger partial charge in [0, 0.05) is 15.8 Å². The van der Waals surface area contributed by atoms with E-state index in [-0.39, 0.29) is 16.9 Å². The number of carbonyl (C=O) groups excluding carboxylic acids is 1. The third kappa shape index (κ3) is 5.84. The van der Waals surface area contributed by atoms with Gasteiger partial charge >= 0.3 is 0 Å². The van der Waals surface area contributed by atoms with Crippen molar-refractivity contribution in [3.05, 3.63) is 99.9 Å². The highest BCUT2D eigenvalue weighted by atomic mass is 32.1. The lowest BCUT2D eigenvalue weighted by Crippen LogP contribution is -2.21. The molecule has 2 aromatic heterocycles. The molecule has 0 radical (unpaired) electrons. The molecule has 1 N–H and O–H groups in total. The minimum atomic E-state index is -0.342. The zero-order valence-electron chi connectivity index (χ0n) is 23.7. The van der Waals surface area contributed by atoms with E-state index in [1.54, 1.807) is 13.2 Å². The molecule has 5 aromatic rings. The number of fused-ring (bicyclic) bond motifs is 1. The summed E-state index contributed by atoms with van der Waals surface area (Å²) in [5.74, 6) is 0.331. The highest BCUT2D eigenvalue weighted by molar-refractivity contribution is 7.16. The van der Waals surface area contributed by atoms with Crippen LogP contribution in [-0.2, 0) is 11.8 Å². The molecule has 0 aliphatic heterocycles. The van der Waals surface area contributed by atoms with Crippen LogP contribution in [0.5, 0.6) is 5.75 Å². The summed E-state index contributed by atoms with van der Waals surface area (Å²) in [6.07, 6.45) is 0.808. The summed E-state index contributed by atoms with van der Waals surface area (Å²) in [4.78, 5) is 24.3. The van der Waals surface area contributed by atoms with E-state index in [2.05, 4.69) is 57.3 Å². The number of carbonyl (C=O) groups is 1. The molecule has 2 heterocycles. The summed E-state index contributed by atoms with van der Waals surface area (Å²) >= 11 is 1.48. The minimum Gasteiger partial charge on any atom is -0.497 e. The summed E-state index contributed by atoms with van der Waals surface area (Å²) in [6.45, 7) is 10.7. The number of aromatic nitrogens is 1. The van der Waals surface area contributed by atoms with Gasteiger partial charge in [-0.1, -0.05) is 64.1 Å². The average Bonchev–Trinajstić information content (AvgIpc) is 3.34. The molecule has 204 valence electrons. The number of hydrogen-bond acceptors (Lipinski definition) is 6. The molecular formula is C33H33N3O3S. The Morgan fingerprint density at radius 2 is 1.82 bits per heavy atom. The zero-order chi connectivity index (χ0) is 28.4. The van der Waals surface area contributed by atoms with Crippen LogP contribution in [0.15, 0.2) is 82.2 Å². The number of methoxy groups -OCH3 is 1. The normalized spacial score (nSPS) is 12.1. The molecule has 0 atom stereocenters. The Balaban J connectivity index is 1.54. The number of rotatable bonds is 6. The van der Waals surface area contributed by atoms with Crippen LogP contribution in [-0.4, -0.2) is 18.0 Å². The Morgan fingerprint density at radius 3 is 2.50 bits per heavy atom. The van der Waals surface area contributed by atoms with Crippen molar-refractivity contribution in [3.8, 4) is 17.0 Å². The van der Waals surface area contributed by atoms with Crippen LogP contribution in [0.1, 0.15) is 54.1 Å². The average molecular weight is 552 g/mol. The third-order valence-electron chi connectivity index (χ3n) is 6.69. The van der Waals surface area contributed by atoms with E-state index in [0.29, 0.717) is 27.7 Å². The molecule has 7 heteroatoms. The molecule has 1 amide bonds. The Kier molecular flexibility index (Phi) is 7.59. The van der Waals surface area contributed by atoms with Gasteiger partial charge in [0.1, 0.15) is 16.9 Å². The number of nitrogens with zero attached hydrogens (tertiary/aromatic N) is 2. The first-order valence-electron chi connectivity index (χ1n) is 13.3. The highest BCUT2D eigenvalue weighted by Gasteiger charge is 2.19. The van der Waals surface area contributed by atoms with Gasteiger partial charge in [-0.3, -0.25) is 10.1 Å². The van der Waals surface area contributed by atoms with Crippen molar-refractivity contribution in [3.63, 3.8) is 0 Å². The summed E-state index contributed by atoms with van der Waals surface area (Å²) in [5, 5.41) is 4.28. The van der Waals surface area contributed by atoms with Crippen LogP contribution in [0, 0.1) is 6.92 Å². The van der Waals surface area contributed by atoms with Gasteiger partial charge in [-0.05, 0) is 66.3 Å². The van der Waals surface area contributed by atoms with Crippen LogP contribution in [0.3, 0.4) is 0 Å². The standard InChI is InChI=1S/C33H33N3O3S/c1-7-28-29(21-11-13-23(14-12-21)33(3,4)5)35-32(40-28)36-30(37)26-19-22-18-25(38-6)15-16-27(22)39-31(26)34-24-10-8-9-20(2)17-24/h8-19H,7H2,1-6H3,(H,35,36,37). The fraction of sp³-hybridized carbons (Fsp3) is 0.242. The molecule has 0 unspecified atom stereocenters. The van der Waals surface area contributed by atoms with Crippen molar-refractivity contribution in [2.24, 2.45) is 4.99 Å². The topological polar surface area (TPSA) is 76.7 Å². The lowest BCUT2D eigenvalue weighted by molar-refractivity contribution is 0.102. The number of aryl methyl sites for hydroxylation is 2. The maximum atomic E-state index is 13.7. The quantitative estimate of drug-likeness (QED) is 0.231. The molecule has 6 nitrogen and oxygen atoms in total. The minimum absolute atomic E-state index is 0.0729. The van der Waals surface area contributed by atoms with E-state index in [9.17, 15) is 4.79 Å². The molecule has 0 spiro atoms. The van der Waals surface area contributed by atoms with Gasteiger partial charge in [0.15, 0.2) is 5.13 Å². The summed E-state index contributed by atoms with van der Waals surface area (Å²) < 4.78 is 11.5. The predicted octanol–water partition coefficient (Wildman–Crippen LogP) is 8.22. The van der Waals surface area contributed by atoms with Gasteiger partial charge in [0.25, 0.3) is 5.91 Å². The summed E-state index contributed by atoms with van der Waals surface area (Å²) in [6, 6.07) is 23.5. The van der Waals surface area contributed by atoms with E-state index in [1.807, 2.05) is 49.4 Å². The van der Waals surface area contributed by atoms with Crippen molar-refractivity contribution in [1.29, 1.82) is 0 Å². The molecule has 0 saturated carbocycles. The first-order chi connectivity index (χ1) is 19.1. The van der Waals surface area contributed by atoms with E-state index in [1.165, 1.54) is 16.9 Å². The van der Waals surface area contributed by atoms with Crippen molar-refractivity contribution < 1.29 is 13.9 Å². The van der Waals surface area contributed by atoms with Crippen molar-refractivity contribution >= 4 is 39.0 Å². The van der Waals surface area contributed by atoms with Crippen LogP contribution < -0.4 is 15.6 Å². The second-order valence-electron chi connectivity index (χ2n) is 10.7. The van der Waals surface area contributed by atoms with Crippen LogP contribution in [0.25, 0.3) is 22.2 Å². The Morgan fingerprint density at radius 1 is 1.05 bits per heavy atom. The summed E-state index contributed by atoms with van der Waals surface area (Å²) in [7, 11) is 1.61. The van der Waals surface area contributed by atoms with Crippen LogP contribution in [0.2, 0.25) is 0 Å². The number of nitrogens with one attached hydrogen (secondary N) is 1. The van der Waals surface area contributed by atoms with Gasteiger partial charge < -0.3 is 9.15 Å². The smallest absolute Gasteiger partial charge is 0.262 e. The highest BCUT2D eigenvalue weighted by Crippen LogP contribution is 2.33. The largest absolute Gasteiger partial charge is 0.497 e. The number of anilines is 1. The van der Waals surface area contributed by atoms with Crippen molar-refractivity contribution in [2.45, 2.75) is 46.5 Å². The van der Waals surface area contributed by atoms with Gasteiger partial charge in [0.05, 0.1) is 18.5 Å². The van der Waals surface area contributed by atoms with Crippen LogP contribution in [0.4, 0.5) is 10.8 Å². The fourth-order valence-corrected chi connectivity index (χ4v) is 5.38. The van der Waals surface area contributed by atoms with E-state index >= 15 is 0 Å². The monoisotopic (exact) mass is 551 g/mol. The Hall–Kier alpha value is -4.23. The van der Waals surface area contributed by atoms with Crippen molar-refractivity contribution in [1.82, 2.24) is 4.98 Å². The molecular weight excluding hydrogens is 518 g/mol. The molecule has 0 saturated heterocycles. The van der Waals surface area contributed by atoms with E-state index in [4.69, 9.17) is 19.1 Å². The SMILES string of the molecule is CCc1sc(NC(=O)c2cc3cc(OC)ccc3oc2=Nc2cccc(C)c2)nc1-c1ccc(C(C)(C)C)cc1. The maximum absolute atomic E-state index is 13.7. The molecule has 0 fully saturated rings. The number of thiazole rings is 1. The summed E-state index contributed by atoms with van der Waals surface area (Å²) in [5.41, 5.74) is 6.17. The molecule has 3 aromatic carbocycles. The van der Waals surface area contributed by atoms with E-state index in [0.717, 1.165) is 33.5 Å².